The first-order chi connectivity index (χ1) is 11.3. The summed E-state index contributed by atoms with van der Waals surface area (Å²) in [5.41, 5.74) is 1.72. The van der Waals surface area contributed by atoms with Crippen molar-refractivity contribution in [3.05, 3.63) is 59.7 Å². The van der Waals surface area contributed by atoms with Crippen LogP contribution >= 0.6 is 0 Å². The van der Waals surface area contributed by atoms with Gasteiger partial charge in [-0.25, -0.2) is 0 Å². The molecule has 4 rings (SSSR count). The van der Waals surface area contributed by atoms with Crippen LogP contribution in [0, 0.1) is 0 Å². The van der Waals surface area contributed by atoms with E-state index in [1.54, 1.807) is 23.9 Å². The van der Waals surface area contributed by atoms with Gasteiger partial charge in [0.25, 0.3) is 0 Å². The molecule has 0 spiro atoms. The zero-order chi connectivity index (χ0) is 17.3. The summed E-state index contributed by atoms with van der Waals surface area (Å²) < 4.78 is 0. The van der Waals surface area contributed by atoms with Gasteiger partial charge in [-0.05, 0) is 37.1 Å². The van der Waals surface area contributed by atoms with Crippen molar-refractivity contribution in [1.29, 1.82) is 0 Å². The minimum Gasteiger partial charge on any atom is -0.314 e. The molecule has 2 unspecified atom stereocenters. The predicted octanol–water partition coefficient (Wildman–Crippen LogP) is 2.86. The van der Waals surface area contributed by atoms with Crippen LogP contribution in [0.4, 0.5) is 11.4 Å². The summed E-state index contributed by atoms with van der Waals surface area (Å²) in [6.45, 7) is 3.82. The average molecular weight is 320 g/mol. The Morgan fingerprint density at radius 3 is 1.38 bits per heavy atom. The predicted molar refractivity (Wildman–Crippen MR) is 94.4 cm³/mol. The molecule has 2 aliphatic heterocycles. The summed E-state index contributed by atoms with van der Waals surface area (Å²) in [6, 6.07) is 15.5. The first-order valence-electron chi connectivity index (χ1n) is 8.10. The Morgan fingerprint density at radius 1 is 0.667 bits per heavy atom. The van der Waals surface area contributed by atoms with Crippen molar-refractivity contribution in [1.82, 2.24) is 0 Å². The maximum atomic E-state index is 13.3. The van der Waals surface area contributed by atoms with E-state index < -0.39 is 10.8 Å². The van der Waals surface area contributed by atoms with Gasteiger partial charge >= 0.3 is 0 Å². The van der Waals surface area contributed by atoms with E-state index in [0.717, 1.165) is 22.5 Å². The van der Waals surface area contributed by atoms with Gasteiger partial charge in [-0.15, -0.1) is 0 Å². The second-order valence-corrected chi connectivity index (χ2v) is 7.01. The van der Waals surface area contributed by atoms with Crippen LogP contribution in [-0.2, 0) is 20.4 Å². The fraction of sp³-hybridized carbons (Fsp3) is 0.300. The molecule has 2 atom stereocenters. The Labute approximate surface area is 141 Å². The molecule has 2 amide bonds. The van der Waals surface area contributed by atoms with Crippen LogP contribution in [0.15, 0.2) is 48.5 Å². The maximum absolute atomic E-state index is 13.3. The van der Waals surface area contributed by atoms with Gasteiger partial charge in [-0.1, -0.05) is 36.4 Å². The summed E-state index contributed by atoms with van der Waals surface area (Å²) in [7, 11) is 3.57. The van der Waals surface area contributed by atoms with Crippen molar-refractivity contribution >= 4 is 23.2 Å². The lowest BCUT2D eigenvalue weighted by atomic mass is 9.59. The second kappa shape index (κ2) is 4.47. The Balaban J connectivity index is 2.05. The van der Waals surface area contributed by atoms with E-state index in [1.165, 1.54) is 0 Å². The number of benzene rings is 2. The van der Waals surface area contributed by atoms with Gasteiger partial charge in [0.1, 0.15) is 0 Å². The number of carbonyl (C=O) groups excluding carboxylic acids is 2. The minimum absolute atomic E-state index is 0.0374. The largest absolute Gasteiger partial charge is 0.314 e. The van der Waals surface area contributed by atoms with Gasteiger partial charge in [0.05, 0.1) is 10.8 Å². The number of fused-ring (bicyclic) bond motifs is 2. The maximum Gasteiger partial charge on any atom is 0.238 e. The summed E-state index contributed by atoms with van der Waals surface area (Å²) in [6.07, 6.45) is 0. The number of rotatable bonds is 1. The number of carbonyl (C=O) groups is 2. The van der Waals surface area contributed by atoms with Crippen molar-refractivity contribution in [3.8, 4) is 0 Å². The lowest BCUT2D eigenvalue weighted by Gasteiger charge is -2.39. The molecule has 2 aromatic rings. The van der Waals surface area contributed by atoms with E-state index in [9.17, 15) is 9.59 Å². The van der Waals surface area contributed by atoms with Gasteiger partial charge in [0.15, 0.2) is 0 Å². The Hall–Kier alpha value is -2.62. The molecule has 0 bridgehead atoms. The zero-order valence-corrected chi connectivity index (χ0v) is 14.3. The smallest absolute Gasteiger partial charge is 0.238 e. The zero-order valence-electron chi connectivity index (χ0n) is 14.3. The van der Waals surface area contributed by atoms with Gasteiger partial charge in [0, 0.05) is 25.5 Å². The fourth-order valence-electron chi connectivity index (χ4n) is 4.46. The molecule has 0 aromatic heterocycles. The number of anilines is 2. The normalized spacial score (nSPS) is 28.3. The number of amides is 2. The summed E-state index contributed by atoms with van der Waals surface area (Å²) in [5, 5.41) is 0. The van der Waals surface area contributed by atoms with Gasteiger partial charge < -0.3 is 9.80 Å². The lowest BCUT2D eigenvalue weighted by molar-refractivity contribution is -0.133. The van der Waals surface area contributed by atoms with E-state index in [4.69, 9.17) is 0 Å². The van der Waals surface area contributed by atoms with Crippen LogP contribution in [0.1, 0.15) is 25.0 Å². The van der Waals surface area contributed by atoms with Crippen molar-refractivity contribution in [3.63, 3.8) is 0 Å². The minimum atomic E-state index is -0.934. The molecule has 0 aliphatic carbocycles. The first-order valence-corrected chi connectivity index (χ1v) is 8.10. The van der Waals surface area contributed by atoms with Crippen LogP contribution in [0.25, 0.3) is 0 Å². The van der Waals surface area contributed by atoms with Gasteiger partial charge in [-0.2, -0.15) is 0 Å². The molecule has 0 saturated carbocycles. The first kappa shape index (κ1) is 14.9. The van der Waals surface area contributed by atoms with Crippen LogP contribution < -0.4 is 9.80 Å². The van der Waals surface area contributed by atoms with E-state index in [0.29, 0.717) is 0 Å². The fourth-order valence-corrected chi connectivity index (χ4v) is 4.46. The molecule has 0 N–H and O–H groups in total. The summed E-state index contributed by atoms with van der Waals surface area (Å²) in [4.78, 5) is 29.9. The highest BCUT2D eigenvalue weighted by Gasteiger charge is 2.65. The molecule has 0 radical (unpaired) electrons. The quantitative estimate of drug-likeness (QED) is 0.811. The van der Waals surface area contributed by atoms with Crippen molar-refractivity contribution in [2.75, 3.05) is 23.9 Å². The van der Waals surface area contributed by atoms with Gasteiger partial charge in [0.2, 0.25) is 11.8 Å². The number of hydrogen-bond donors (Lipinski definition) is 0. The van der Waals surface area contributed by atoms with E-state index in [2.05, 4.69) is 0 Å². The van der Waals surface area contributed by atoms with E-state index in [-0.39, 0.29) is 11.8 Å². The SMILES string of the molecule is CN1C(=O)C(C)(C2(C)C(=O)N(C)c3ccccc32)c2ccccc21. The number of hydrogen-bond acceptors (Lipinski definition) is 2. The standard InChI is InChI=1S/C20H20N2O2/c1-19(13-9-5-7-11-15(13)21(3)17(19)23)20(2)14-10-6-8-12-16(14)22(4)18(20)24/h5-12H,1-4H3. The molecule has 2 heterocycles. The molecule has 4 heteroatoms. The van der Waals surface area contributed by atoms with Crippen LogP contribution in [-0.4, -0.2) is 25.9 Å². The molecule has 24 heavy (non-hydrogen) atoms. The van der Waals surface area contributed by atoms with E-state index in [1.807, 2.05) is 62.4 Å². The third kappa shape index (κ3) is 1.40. The highest BCUT2D eigenvalue weighted by atomic mass is 16.2. The lowest BCUT2D eigenvalue weighted by Crippen LogP contribution is -2.56. The molecule has 0 saturated heterocycles. The molecule has 2 aliphatic rings. The molecule has 4 nitrogen and oxygen atoms in total. The molecular formula is C20H20N2O2. The van der Waals surface area contributed by atoms with E-state index >= 15 is 0 Å². The Bertz CT molecular complexity index is 817. The van der Waals surface area contributed by atoms with Gasteiger partial charge in [-0.3, -0.25) is 9.59 Å². The number of nitrogens with zero attached hydrogens (tertiary/aromatic N) is 2. The Morgan fingerprint density at radius 2 is 1.00 bits per heavy atom. The Kier molecular flexibility index (Phi) is 2.78. The summed E-state index contributed by atoms with van der Waals surface area (Å²) in [5.74, 6) is -0.0747. The number of para-hydroxylation sites is 2. The molecule has 2 aromatic carbocycles. The monoisotopic (exact) mass is 320 g/mol. The molecular weight excluding hydrogens is 300 g/mol. The highest BCUT2D eigenvalue weighted by molar-refractivity contribution is 6.18. The van der Waals surface area contributed by atoms with Crippen molar-refractivity contribution in [2.24, 2.45) is 0 Å². The average Bonchev–Trinajstić information content (AvgIpc) is 2.94. The molecule has 122 valence electrons. The second-order valence-electron chi connectivity index (χ2n) is 7.01. The third-order valence-electron chi connectivity index (χ3n) is 6.07. The highest BCUT2D eigenvalue weighted by Crippen LogP contribution is 2.57. The number of likely N-dealkylation sites (N-methyl/N-ethyl adjacent to an activating group) is 2. The summed E-state index contributed by atoms with van der Waals surface area (Å²) >= 11 is 0. The van der Waals surface area contributed by atoms with Crippen LogP contribution in [0.5, 0.6) is 0 Å². The topological polar surface area (TPSA) is 40.6 Å². The third-order valence-corrected chi connectivity index (χ3v) is 6.07. The van der Waals surface area contributed by atoms with Crippen molar-refractivity contribution in [2.45, 2.75) is 24.7 Å². The van der Waals surface area contributed by atoms with Crippen molar-refractivity contribution < 1.29 is 9.59 Å². The van der Waals surface area contributed by atoms with Crippen LogP contribution in [0.2, 0.25) is 0 Å². The van der Waals surface area contributed by atoms with Crippen LogP contribution in [0.3, 0.4) is 0 Å². The molecule has 0 fully saturated rings.